The largest absolute Gasteiger partial charge is 0.303 e. The third-order valence-electron chi connectivity index (χ3n) is 2.80. The van der Waals surface area contributed by atoms with E-state index in [1.54, 1.807) is 0 Å². The van der Waals surface area contributed by atoms with Crippen LogP contribution in [0, 0.1) is 11.3 Å². The molecule has 0 unspecified atom stereocenters. The average Bonchev–Trinajstić information content (AvgIpc) is 2.38. The van der Waals surface area contributed by atoms with Crippen LogP contribution in [0.3, 0.4) is 0 Å². The Morgan fingerprint density at radius 1 is 1.47 bits per heavy atom. The van der Waals surface area contributed by atoms with Gasteiger partial charge in [0.1, 0.15) is 16.7 Å². The van der Waals surface area contributed by atoms with E-state index in [9.17, 15) is 8.42 Å². The number of rotatable bonds is 6. The lowest BCUT2D eigenvalue weighted by Gasteiger charge is -2.20. The fraction of sp³-hybridized carbons (Fsp3) is 0.500. The lowest BCUT2D eigenvalue weighted by molar-refractivity contribution is 0.278. The van der Waals surface area contributed by atoms with E-state index in [0.29, 0.717) is 19.1 Å². The molecule has 0 atom stereocenters. The van der Waals surface area contributed by atoms with Crippen LogP contribution in [-0.4, -0.2) is 44.5 Å². The molecule has 0 radical (unpaired) electrons. The maximum Gasteiger partial charge on any atom is 0.242 e. The molecule has 104 valence electrons. The molecule has 1 aromatic heterocycles. The second-order valence-corrected chi connectivity index (χ2v) is 6.23. The Morgan fingerprint density at radius 3 is 2.63 bits per heavy atom. The summed E-state index contributed by atoms with van der Waals surface area (Å²) in [5.74, 6) is 0. The minimum Gasteiger partial charge on any atom is -0.303 e. The van der Waals surface area contributed by atoms with Gasteiger partial charge in [0, 0.05) is 25.3 Å². The van der Waals surface area contributed by atoms with Crippen LogP contribution in [0.25, 0.3) is 0 Å². The van der Waals surface area contributed by atoms with Crippen LogP contribution in [0.1, 0.15) is 19.5 Å². The highest BCUT2D eigenvalue weighted by Crippen LogP contribution is 2.07. The van der Waals surface area contributed by atoms with Crippen LogP contribution in [0.2, 0.25) is 0 Å². The fourth-order valence-electron chi connectivity index (χ4n) is 1.30. The number of nitrogens with one attached hydrogen (secondary N) is 1. The molecular weight excluding hydrogens is 264 g/mol. The van der Waals surface area contributed by atoms with Gasteiger partial charge in [-0.3, -0.25) is 0 Å². The van der Waals surface area contributed by atoms with Crippen LogP contribution in [0.4, 0.5) is 0 Å². The molecule has 0 saturated carbocycles. The van der Waals surface area contributed by atoms with Crippen molar-refractivity contribution in [1.82, 2.24) is 14.6 Å². The number of aromatic nitrogens is 1. The molecule has 7 heteroatoms. The van der Waals surface area contributed by atoms with Crippen molar-refractivity contribution in [2.75, 3.05) is 20.1 Å². The molecule has 19 heavy (non-hydrogen) atoms. The van der Waals surface area contributed by atoms with Gasteiger partial charge in [0.2, 0.25) is 10.0 Å². The molecular formula is C12H18N4O2S. The molecule has 0 aromatic carbocycles. The van der Waals surface area contributed by atoms with E-state index in [1.165, 1.54) is 18.3 Å². The summed E-state index contributed by atoms with van der Waals surface area (Å²) in [5.41, 5.74) is 0.193. The summed E-state index contributed by atoms with van der Waals surface area (Å²) in [4.78, 5) is 5.85. The van der Waals surface area contributed by atoms with Gasteiger partial charge in [-0.25, -0.2) is 18.1 Å². The number of pyridine rings is 1. The van der Waals surface area contributed by atoms with Gasteiger partial charge in [0.25, 0.3) is 0 Å². The summed E-state index contributed by atoms with van der Waals surface area (Å²) < 4.78 is 26.4. The van der Waals surface area contributed by atoms with Gasteiger partial charge in [0.05, 0.1) is 0 Å². The monoisotopic (exact) mass is 282 g/mol. The van der Waals surface area contributed by atoms with Gasteiger partial charge in [-0.2, -0.15) is 5.26 Å². The van der Waals surface area contributed by atoms with Crippen molar-refractivity contribution in [2.24, 2.45) is 0 Å². The maximum atomic E-state index is 11.9. The first-order valence-corrected chi connectivity index (χ1v) is 7.41. The summed E-state index contributed by atoms with van der Waals surface area (Å²) >= 11 is 0. The van der Waals surface area contributed by atoms with Gasteiger partial charge in [-0.15, -0.1) is 0 Å². The predicted octanol–water partition coefficient (Wildman–Crippen LogP) is 0.572. The number of sulfonamides is 1. The van der Waals surface area contributed by atoms with E-state index < -0.39 is 10.0 Å². The number of likely N-dealkylation sites (N-methyl/N-ethyl adjacent to an activating group) is 1. The molecule has 0 aliphatic heterocycles. The minimum atomic E-state index is -3.56. The Labute approximate surface area is 114 Å². The van der Waals surface area contributed by atoms with Crippen molar-refractivity contribution >= 4 is 10.0 Å². The Bertz CT molecular complexity index is 546. The third-order valence-corrected chi connectivity index (χ3v) is 4.25. The summed E-state index contributed by atoms with van der Waals surface area (Å²) in [6, 6.07) is 4.96. The molecule has 1 aromatic rings. The fourth-order valence-corrected chi connectivity index (χ4v) is 2.27. The van der Waals surface area contributed by atoms with E-state index >= 15 is 0 Å². The van der Waals surface area contributed by atoms with Crippen molar-refractivity contribution in [3.63, 3.8) is 0 Å². The van der Waals surface area contributed by atoms with Crippen LogP contribution >= 0.6 is 0 Å². The van der Waals surface area contributed by atoms with E-state index in [4.69, 9.17) is 5.26 Å². The molecule has 0 fully saturated rings. The molecule has 6 nitrogen and oxygen atoms in total. The summed E-state index contributed by atoms with van der Waals surface area (Å²) in [6.07, 6.45) is 1.19. The normalized spacial score (nSPS) is 11.8. The van der Waals surface area contributed by atoms with Gasteiger partial charge < -0.3 is 4.90 Å². The predicted molar refractivity (Wildman–Crippen MR) is 71.9 cm³/mol. The van der Waals surface area contributed by atoms with E-state index in [0.717, 1.165) is 0 Å². The second-order valence-electron chi connectivity index (χ2n) is 4.46. The van der Waals surface area contributed by atoms with Gasteiger partial charge in [0.15, 0.2) is 0 Å². The van der Waals surface area contributed by atoms with Crippen molar-refractivity contribution in [1.29, 1.82) is 5.26 Å². The first-order valence-electron chi connectivity index (χ1n) is 5.93. The van der Waals surface area contributed by atoms with Crippen LogP contribution in [0.5, 0.6) is 0 Å². The highest BCUT2D eigenvalue weighted by Gasteiger charge is 2.14. The Morgan fingerprint density at radius 2 is 2.16 bits per heavy atom. The van der Waals surface area contributed by atoms with Crippen molar-refractivity contribution in [2.45, 2.75) is 24.8 Å². The topological polar surface area (TPSA) is 86.1 Å². The Balaban J connectivity index is 2.63. The van der Waals surface area contributed by atoms with E-state index in [1.807, 2.05) is 31.9 Å². The minimum absolute atomic E-state index is 0.0682. The SMILES string of the molecule is CC(C)N(C)CCNS(=O)(=O)c1ccc(C#N)nc1. The molecule has 1 N–H and O–H groups in total. The number of nitriles is 1. The van der Waals surface area contributed by atoms with Crippen LogP contribution in [-0.2, 0) is 10.0 Å². The second kappa shape index (κ2) is 6.61. The number of hydrogen-bond acceptors (Lipinski definition) is 5. The zero-order valence-electron chi connectivity index (χ0n) is 11.3. The molecule has 0 aliphatic rings. The summed E-state index contributed by atoms with van der Waals surface area (Å²) in [7, 11) is -1.62. The molecule has 0 amide bonds. The average molecular weight is 282 g/mol. The lowest BCUT2D eigenvalue weighted by Crippen LogP contribution is -2.36. The van der Waals surface area contributed by atoms with E-state index in [-0.39, 0.29) is 10.6 Å². The van der Waals surface area contributed by atoms with Gasteiger partial charge >= 0.3 is 0 Å². The smallest absolute Gasteiger partial charge is 0.242 e. The number of hydrogen-bond donors (Lipinski definition) is 1. The van der Waals surface area contributed by atoms with Gasteiger partial charge in [-0.05, 0) is 33.0 Å². The van der Waals surface area contributed by atoms with Crippen molar-refractivity contribution in [3.8, 4) is 6.07 Å². The zero-order chi connectivity index (χ0) is 14.5. The first-order chi connectivity index (χ1) is 8.86. The number of nitrogens with zero attached hydrogens (tertiary/aromatic N) is 3. The van der Waals surface area contributed by atoms with Crippen molar-refractivity contribution < 1.29 is 8.42 Å². The maximum absolute atomic E-state index is 11.9. The van der Waals surface area contributed by atoms with Gasteiger partial charge in [-0.1, -0.05) is 0 Å². The lowest BCUT2D eigenvalue weighted by atomic mass is 10.3. The summed E-state index contributed by atoms with van der Waals surface area (Å²) in [6.45, 7) is 5.04. The summed E-state index contributed by atoms with van der Waals surface area (Å²) in [5, 5.41) is 8.60. The zero-order valence-corrected chi connectivity index (χ0v) is 12.1. The molecule has 0 bridgehead atoms. The Hall–Kier alpha value is -1.49. The molecule has 0 aliphatic carbocycles. The molecule has 1 heterocycles. The molecule has 0 saturated heterocycles. The third kappa shape index (κ3) is 4.59. The molecule has 0 spiro atoms. The highest BCUT2D eigenvalue weighted by molar-refractivity contribution is 7.89. The van der Waals surface area contributed by atoms with Crippen LogP contribution < -0.4 is 4.72 Å². The molecule has 1 rings (SSSR count). The first kappa shape index (κ1) is 15.6. The Kier molecular flexibility index (Phi) is 5.42. The van der Waals surface area contributed by atoms with Crippen LogP contribution in [0.15, 0.2) is 23.2 Å². The quantitative estimate of drug-likeness (QED) is 0.824. The van der Waals surface area contributed by atoms with E-state index in [2.05, 4.69) is 9.71 Å². The highest BCUT2D eigenvalue weighted by atomic mass is 32.2. The standard InChI is InChI=1S/C12H18N4O2S/c1-10(2)16(3)7-6-15-19(17,18)12-5-4-11(8-13)14-9-12/h4-5,9-10,15H,6-7H2,1-3H3. The van der Waals surface area contributed by atoms with Crippen molar-refractivity contribution in [3.05, 3.63) is 24.0 Å².